The van der Waals surface area contributed by atoms with Gasteiger partial charge in [-0.1, -0.05) is 42.5 Å². The molecule has 0 radical (unpaired) electrons. The van der Waals surface area contributed by atoms with Gasteiger partial charge in [0.15, 0.2) is 0 Å². The van der Waals surface area contributed by atoms with Crippen LogP contribution >= 0.6 is 0 Å². The van der Waals surface area contributed by atoms with Crippen LogP contribution in [0.25, 0.3) is 0 Å². The van der Waals surface area contributed by atoms with Crippen LogP contribution in [0.4, 0.5) is 5.69 Å². The van der Waals surface area contributed by atoms with Crippen molar-refractivity contribution in [1.82, 2.24) is 10.3 Å². The molecule has 2 aromatic carbocycles. The van der Waals surface area contributed by atoms with Crippen molar-refractivity contribution in [1.29, 1.82) is 0 Å². The summed E-state index contributed by atoms with van der Waals surface area (Å²) in [6.07, 6.45) is 4.27. The van der Waals surface area contributed by atoms with Crippen molar-refractivity contribution >= 4 is 17.5 Å². The van der Waals surface area contributed by atoms with Gasteiger partial charge >= 0.3 is 0 Å². The van der Waals surface area contributed by atoms with Crippen LogP contribution in [0.3, 0.4) is 0 Å². The highest BCUT2D eigenvalue weighted by Crippen LogP contribution is 2.16. The number of anilines is 1. The highest BCUT2D eigenvalue weighted by molar-refractivity contribution is 6.04. The van der Waals surface area contributed by atoms with Gasteiger partial charge in [-0.25, -0.2) is 0 Å². The molecular weight excluding hydrogens is 350 g/mol. The molecular formula is C23H23N3O2. The third-order valence-corrected chi connectivity index (χ3v) is 4.55. The minimum atomic E-state index is -0.230. The first-order valence-electron chi connectivity index (χ1n) is 9.24. The Kier molecular flexibility index (Phi) is 6.52. The van der Waals surface area contributed by atoms with E-state index in [0.717, 1.165) is 5.56 Å². The fraction of sp³-hybridized carbons (Fsp3) is 0.174. The second-order valence-electron chi connectivity index (χ2n) is 6.56. The standard InChI is InChI=1S/C23H23N3O2/c1-17-7-2-3-8-18(17)12-13-22(27)25-16-19-9-4-5-11-21(19)26-23(28)20-10-6-14-24-15-20/h2-11,14-15H,12-13,16H2,1H3,(H,25,27)(H,26,28). The fourth-order valence-electron chi connectivity index (χ4n) is 2.91. The predicted molar refractivity (Wildman–Crippen MR) is 110 cm³/mol. The molecule has 0 spiro atoms. The first kappa shape index (κ1) is 19.3. The number of para-hydroxylation sites is 1. The maximum Gasteiger partial charge on any atom is 0.257 e. The van der Waals surface area contributed by atoms with E-state index in [0.29, 0.717) is 30.6 Å². The van der Waals surface area contributed by atoms with Crippen LogP contribution in [-0.2, 0) is 17.8 Å². The number of carbonyl (C=O) groups excluding carboxylic acids is 2. The van der Waals surface area contributed by atoms with E-state index in [2.05, 4.69) is 28.6 Å². The molecule has 0 aliphatic rings. The first-order chi connectivity index (χ1) is 13.6. The Hall–Kier alpha value is -3.47. The average Bonchev–Trinajstić information content (AvgIpc) is 2.73. The largest absolute Gasteiger partial charge is 0.352 e. The molecule has 5 nitrogen and oxygen atoms in total. The molecule has 2 amide bonds. The van der Waals surface area contributed by atoms with Gasteiger partial charge in [0.1, 0.15) is 0 Å². The van der Waals surface area contributed by atoms with Crippen LogP contribution in [0.1, 0.15) is 33.5 Å². The number of benzene rings is 2. The van der Waals surface area contributed by atoms with Crippen molar-refractivity contribution in [3.05, 3.63) is 95.3 Å². The van der Waals surface area contributed by atoms with Crippen LogP contribution in [0.15, 0.2) is 73.1 Å². The Morgan fingerprint density at radius 1 is 0.929 bits per heavy atom. The zero-order valence-electron chi connectivity index (χ0n) is 15.8. The number of carbonyl (C=O) groups is 2. The molecule has 0 saturated carbocycles. The second kappa shape index (κ2) is 9.46. The zero-order chi connectivity index (χ0) is 19.8. The number of rotatable bonds is 7. The molecule has 0 unspecified atom stereocenters. The number of nitrogens with zero attached hydrogens (tertiary/aromatic N) is 1. The van der Waals surface area contributed by atoms with E-state index in [4.69, 9.17) is 0 Å². The van der Waals surface area contributed by atoms with E-state index < -0.39 is 0 Å². The Bertz CT molecular complexity index is 955. The van der Waals surface area contributed by atoms with Gasteiger partial charge < -0.3 is 10.6 Å². The predicted octanol–water partition coefficient (Wildman–Crippen LogP) is 3.89. The van der Waals surface area contributed by atoms with Gasteiger partial charge in [-0.15, -0.1) is 0 Å². The molecule has 0 saturated heterocycles. The highest BCUT2D eigenvalue weighted by atomic mass is 16.2. The van der Waals surface area contributed by atoms with E-state index in [1.807, 2.05) is 42.5 Å². The molecule has 1 aromatic heterocycles. The fourth-order valence-corrected chi connectivity index (χ4v) is 2.91. The van der Waals surface area contributed by atoms with Crippen molar-refractivity contribution in [2.45, 2.75) is 26.3 Å². The molecule has 3 aromatic rings. The Balaban J connectivity index is 1.56. The number of aromatic nitrogens is 1. The topological polar surface area (TPSA) is 71.1 Å². The third-order valence-electron chi connectivity index (χ3n) is 4.55. The van der Waals surface area contributed by atoms with Gasteiger partial charge in [-0.05, 0) is 48.2 Å². The Morgan fingerprint density at radius 3 is 2.43 bits per heavy atom. The van der Waals surface area contributed by atoms with Crippen molar-refractivity contribution < 1.29 is 9.59 Å². The summed E-state index contributed by atoms with van der Waals surface area (Å²) in [5.41, 5.74) is 4.39. The van der Waals surface area contributed by atoms with Gasteiger partial charge in [0, 0.05) is 31.0 Å². The molecule has 0 fully saturated rings. The number of nitrogens with one attached hydrogen (secondary N) is 2. The lowest BCUT2D eigenvalue weighted by Gasteiger charge is -2.12. The molecule has 5 heteroatoms. The lowest BCUT2D eigenvalue weighted by Crippen LogP contribution is -2.24. The Morgan fingerprint density at radius 2 is 1.68 bits per heavy atom. The maximum atomic E-state index is 12.4. The lowest BCUT2D eigenvalue weighted by atomic mass is 10.0. The van der Waals surface area contributed by atoms with E-state index in [-0.39, 0.29) is 11.8 Å². The summed E-state index contributed by atoms with van der Waals surface area (Å²) >= 11 is 0. The molecule has 0 aliphatic carbocycles. The Labute approximate surface area is 164 Å². The minimum absolute atomic E-state index is 0.0170. The van der Waals surface area contributed by atoms with Crippen LogP contribution in [0, 0.1) is 6.92 Å². The average molecular weight is 373 g/mol. The summed E-state index contributed by atoms with van der Waals surface area (Å²) in [6, 6.07) is 19.0. The molecule has 0 atom stereocenters. The summed E-state index contributed by atoms with van der Waals surface area (Å²) in [4.78, 5) is 28.6. The monoisotopic (exact) mass is 373 g/mol. The van der Waals surface area contributed by atoms with Crippen LogP contribution in [-0.4, -0.2) is 16.8 Å². The summed E-state index contributed by atoms with van der Waals surface area (Å²) in [7, 11) is 0. The highest BCUT2D eigenvalue weighted by Gasteiger charge is 2.10. The van der Waals surface area contributed by atoms with Gasteiger partial charge in [-0.2, -0.15) is 0 Å². The summed E-state index contributed by atoms with van der Waals surface area (Å²) in [5, 5.41) is 5.83. The molecule has 3 rings (SSSR count). The number of aryl methyl sites for hydroxylation is 2. The lowest BCUT2D eigenvalue weighted by molar-refractivity contribution is -0.121. The van der Waals surface area contributed by atoms with Crippen molar-refractivity contribution in [2.24, 2.45) is 0 Å². The molecule has 2 N–H and O–H groups in total. The zero-order valence-corrected chi connectivity index (χ0v) is 15.8. The van der Waals surface area contributed by atoms with Crippen LogP contribution < -0.4 is 10.6 Å². The van der Waals surface area contributed by atoms with E-state index in [1.54, 1.807) is 18.3 Å². The second-order valence-corrected chi connectivity index (χ2v) is 6.56. The number of hydrogen-bond acceptors (Lipinski definition) is 3. The van der Waals surface area contributed by atoms with Gasteiger partial charge in [0.2, 0.25) is 5.91 Å². The van der Waals surface area contributed by atoms with Crippen molar-refractivity contribution in [3.8, 4) is 0 Å². The quantitative estimate of drug-likeness (QED) is 0.660. The number of hydrogen-bond donors (Lipinski definition) is 2. The third kappa shape index (κ3) is 5.27. The summed E-state index contributed by atoms with van der Waals surface area (Å²) < 4.78 is 0. The smallest absolute Gasteiger partial charge is 0.257 e. The van der Waals surface area contributed by atoms with E-state index in [1.165, 1.54) is 17.3 Å². The van der Waals surface area contributed by atoms with Crippen molar-refractivity contribution in [3.63, 3.8) is 0 Å². The van der Waals surface area contributed by atoms with Crippen LogP contribution in [0.5, 0.6) is 0 Å². The van der Waals surface area contributed by atoms with Gasteiger partial charge in [-0.3, -0.25) is 14.6 Å². The summed E-state index contributed by atoms with van der Waals surface area (Å²) in [5.74, 6) is -0.247. The minimum Gasteiger partial charge on any atom is -0.352 e. The number of amides is 2. The molecule has 0 bridgehead atoms. The van der Waals surface area contributed by atoms with Crippen LogP contribution in [0.2, 0.25) is 0 Å². The normalized spacial score (nSPS) is 10.3. The first-order valence-corrected chi connectivity index (χ1v) is 9.24. The number of pyridine rings is 1. The SMILES string of the molecule is Cc1ccccc1CCC(=O)NCc1ccccc1NC(=O)c1cccnc1. The molecule has 0 aliphatic heterocycles. The maximum absolute atomic E-state index is 12.4. The molecule has 142 valence electrons. The van der Waals surface area contributed by atoms with Gasteiger partial charge in [0.25, 0.3) is 5.91 Å². The summed E-state index contributed by atoms with van der Waals surface area (Å²) in [6.45, 7) is 2.41. The molecule has 1 heterocycles. The van der Waals surface area contributed by atoms with Gasteiger partial charge in [0.05, 0.1) is 5.56 Å². The van der Waals surface area contributed by atoms with E-state index >= 15 is 0 Å². The van der Waals surface area contributed by atoms with Crippen molar-refractivity contribution in [2.75, 3.05) is 5.32 Å². The molecule has 28 heavy (non-hydrogen) atoms. The van der Waals surface area contributed by atoms with E-state index in [9.17, 15) is 9.59 Å².